The Hall–Kier alpha value is -2.57. The van der Waals surface area contributed by atoms with Crippen LogP contribution < -0.4 is 10.1 Å². The van der Waals surface area contributed by atoms with E-state index in [-0.39, 0.29) is 5.69 Å². The molecule has 0 atom stereocenters. The predicted octanol–water partition coefficient (Wildman–Crippen LogP) is 1.49. The van der Waals surface area contributed by atoms with Gasteiger partial charge in [-0.25, -0.2) is 9.48 Å². The van der Waals surface area contributed by atoms with Crippen molar-refractivity contribution in [2.24, 2.45) is 0 Å². The van der Waals surface area contributed by atoms with E-state index in [0.717, 1.165) is 11.4 Å². The molecule has 0 unspecified atom stereocenters. The van der Waals surface area contributed by atoms with Crippen molar-refractivity contribution in [2.75, 3.05) is 18.5 Å². The van der Waals surface area contributed by atoms with Crippen LogP contribution in [0.4, 0.5) is 5.69 Å². The third-order valence-electron chi connectivity index (χ3n) is 2.60. The lowest BCUT2D eigenvalue weighted by atomic mass is 10.3. The fraction of sp³-hybridized carbons (Fsp3) is 0.308. The molecule has 20 heavy (non-hydrogen) atoms. The lowest BCUT2D eigenvalue weighted by molar-refractivity contribution is 0.0690. The number of nitrogens with zero attached hydrogens (tertiary/aromatic N) is 3. The van der Waals surface area contributed by atoms with Gasteiger partial charge in [-0.3, -0.25) is 0 Å². The molecular weight excluding hydrogens is 260 g/mol. The molecule has 0 aliphatic carbocycles. The van der Waals surface area contributed by atoms with Crippen LogP contribution in [-0.2, 0) is 6.54 Å². The first kappa shape index (κ1) is 13.9. The number of carboxylic acid groups (broad SMARTS) is 1. The minimum Gasteiger partial charge on any atom is -0.492 e. The molecule has 0 spiro atoms. The first-order valence-corrected chi connectivity index (χ1v) is 6.30. The van der Waals surface area contributed by atoms with Crippen LogP contribution >= 0.6 is 0 Å². The molecule has 106 valence electrons. The Balaban J connectivity index is 1.90. The van der Waals surface area contributed by atoms with E-state index in [2.05, 4.69) is 15.6 Å². The van der Waals surface area contributed by atoms with E-state index in [1.165, 1.54) is 10.9 Å². The number of hydrogen-bond acceptors (Lipinski definition) is 5. The van der Waals surface area contributed by atoms with E-state index in [9.17, 15) is 4.79 Å². The first-order valence-electron chi connectivity index (χ1n) is 6.30. The van der Waals surface area contributed by atoms with Crippen LogP contribution in [0.25, 0.3) is 0 Å². The maximum Gasteiger partial charge on any atom is 0.358 e. The second-order valence-corrected chi connectivity index (χ2v) is 4.03. The van der Waals surface area contributed by atoms with Crippen LogP contribution in [0.5, 0.6) is 5.75 Å². The molecule has 0 saturated carbocycles. The van der Waals surface area contributed by atoms with Crippen molar-refractivity contribution in [1.82, 2.24) is 15.0 Å². The average molecular weight is 276 g/mol. The number of anilines is 1. The van der Waals surface area contributed by atoms with Gasteiger partial charge in [0.25, 0.3) is 0 Å². The summed E-state index contributed by atoms with van der Waals surface area (Å²) in [5, 5.41) is 19.3. The zero-order chi connectivity index (χ0) is 14.4. The van der Waals surface area contributed by atoms with Crippen LogP contribution in [0.2, 0.25) is 0 Å². The Morgan fingerprint density at radius 3 is 2.95 bits per heavy atom. The molecule has 2 aromatic rings. The van der Waals surface area contributed by atoms with Gasteiger partial charge in [-0.15, -0.1) is 5.10 Å². The summed E-state index contributed by atoms with van der Waals surface area (Å²) in [6.45, 7) is 3.64. The van der Waals surface area contributed by atoms with Gasteiger partial charge in [-0.05, 0) is 19.1 Å². The topological polar surface area (TPSA) is 89.3 Å². The smallest absolute Gasteiger partial charge is 0.358 e. The number of nitrogens with one attached hydrogen (secondary N) is 1. The zero-order valence-electron chi connectivity index (χ0n) is 11.1. The standard InChI is InChI=1S/C13H16N4O3/c1-2-20-12-6-4-3-5-10(12)14-7-8-17-9-11(13(18)19)15-16-17/h3-6,9,14H,2,7-8H2,1H3,(H,18,19). The number of carbonyl (C=O) groups is 1. The molecule has 0 bridgehead atoms. The summed E-state index contributed by atoms with van der Waals surface area (Å²) in [7, 11) is 0. The van der Waals surface area contributed by atoms with E-state index in [1.807, 2.05) is 31.2 Å². The van der Waals surface area contributed by atoms with E-state index in [0.29, 0.717) is 19.7 Å². The van der Waals surface area contributed by atoms with Crippen molar-refractivity contribution in [3.05, 3.63) is 36.2 Å². The molecular formula is C13H16N4O3. The Morgan fingerprint density at radius 1 is 1.45 bits per heavy atom. The molecule has 7 nitrogen and oxygen atoms in total. The number of aromatic carboxylic acids is 1. The number of ether oxygens (including phenoxy) is 1. The molecule has 0 saturated heterocycles. The van der Waals surface area contributed by atoms with Crippen LogP contribution in [-0.4, -0.2) is 39.2 Å². The largest absolute Gasteiger partial charge is 0.492 e. The molecule has 0 amide bonds. The SMILES string of the molecule is CCOc1ccccc1NCCn1cc(C(=O)O)nn1. The van der Waals surface area contributed by atoms with Gasteiger partial charge >= 0.3 is 5.97 Å². The lowest BCUT2D eigenvalue weighted by Crippen LogP contribution is -2.12. The van der Waals surface area contributed by atoms with Crippen LogP contribution in [0.3, 0.4) is 0 Å². The summed E-state index contributed by atoms with van der Waals surface area (Å²) in [6, 6.07) is 7.65. The highest BCUT2D eigenvalue weighted by Gasteiger charge is 2.08. The van der Waals surface area contributed by atoms with Crippen LogP contribution in [0, 0.1) is 0 Å². The van der Waals surface area contributed by atoms with E-state index in [1.54, 1.807) is 0 Å². The van der Waals surface area contributed by atoms with Gasteiger partial charge in [0.05, 0.1) is 25.0 Å². The van der Waals surface area contributed by atoms with Crippen molar-refractivity contribution < 1.29 is 14.6 Å². The van der Waals surface area contributed by atoms with Gasteiger partial charge in [0.15, 0.2) is 5.69 Å². The Kier molecular flexibility index (Phi) is 4.54. The molecule has 0 aliphatic heterocycles. The quantitative estimate of drug-likeness (QED) is 0.796. The molecule has 0 radical (unpaired) electrons. The summed E-state index contributed by atoms with van der Waals surface area (Å²) in [5.41, 5.74) is 0.840. The molecule has 2 N–H and O–H groups in total. The van der Waals surface area contributed by atoms with Crippen molar-refractivity contribution in [1.29, 1.82) is 0 Å². The Bertz CT molecular complexity index is 583. The Morgan fingerprint density at radius 2 is 2.25 bits per heavy atom. The number of aromatic nitrogens is 3. The maximum absolute atomic E-state index is 10.7. The van der Waals surface area contributed by atoms with Gasteiger partial charge in [0, 0.05) is 6.54 Å². The Labute approximate surface area is 116 Å². The molecule has 0 aliphatic rings. The fourth-order valence-corrected chi connectivity index (χ4v) is 1.70. The van der Waals surface area contributed by atoms with Crippen molar-refractivity contribution in [3.63, 3.8) is 0 Å². The van der Waals surface area contributed by atoms with Gasteiger partial charge < -0.3 is 15.2 Å². The highest BCUT2D eigenvalue weighted by molar-refractivity contribution is 5.84. The summed E-state index contributed by atoms with van der Waals surface area (Å²) in [5.74, 6) is -0.286. The van der Waals surface area contributed by atoms with Crippen LogP contribution in [0.15, 0.2) is 30.5 Å². The van der Waals surface area contributed by atoms with Gasteiger partial charge in [0.1, 0.15) is 5.75 Å². The molecule has 2 rings (SSSR count). The first-order chi connectivity index (χ1) is 9.70. The molecule has 0 fully saturated rings. The van der Waals surface area contributed by atoms with Crippen molar-refractivity contribution in [3.8, 4) is 5.75 Å². The van der Waals surface area contributed by atoms with Gasteiger partial charge in [-0.2, -0.15) is 0 Å². The second kappa shape index (κ2) is 6.55. The van der Waals surface area contributed by atoms with Crippen LogP contribution in [0.1, 0.15) is 17.4 Å². The van der Waals surface area contributed by atoms with Crippen molar-refractivity contribution in [2.45, 2.75) is 13.5 Å². The second-order valence-electron chi connectivity index (χ2n) is 4.03. The third kappa shape index (κ3) is 3.47. The fourth-order valence-electron chi connectivity index (χ4n) is 1.70. The normalized spacial score (nSPS) is 10.2. The van der Waals surface area contributed by atoms with Gasteiger partial charge in [-0.1, -0.05) is 17.3 Å². The number of benzene rings is 1. The van der Waals surface area contributed by atoms with E-state index >= 15 is 0 Å². The highest BCUT2D eigenvalue weighted by Crippen LogP contribution is 2.23. The summed E-state index contributed by atoms with van der Waals surface area (Å²) >= 11 is 0. The number of carboxylic acids is 1. The highest BCUT2D eigenvalue weighted by atomic mass is 16.5. The minimum atomic E-state index is -1.08. The molecule has 1 aromatic carbocycles. The van der Waals surface area contributed by atoms with Crippen molar-refractivity contribution >= 4 is 11.7 Å². The molecule has 1 heterocycles. The number of rotatable bonds is 7. The predicted molar refractivity (Wildman–Crippen MR) is 73.1 cm³/mol. The van der Waals surface area contributed by atoms with E-state index in [4.69, 9.17) is 9.84 Å². The molecule has 7 heteroatoms. The number of para-hydroxylation sites is 2. The minimum absolute atomic E-state index is 0.0558. The maximum atomic E-state index is 10.7. The molecule has 1 aromatic heterocycles. The lowest BCUT2D eigenvalue weighted by Gasteiger charge is -2.11. The zero-order valence-corrected chi connectivity index (χ0v) is 11.1. The average Bonchev–Trinajstić information content (AvgIpc) is 2.90. The monoisotopic (exact) mass is 276 g/mol. The van der Waals surface area contributed by atoms with Gasteiger partial charge in [0.2, 0.25) is 0 Å². The number of hydrogen-bond donors (Lipinski definition) is 2. The summed E-state index contributed by atoms with van der Waals surface area (Å²) in [4.78, 5) is 10.7. The van der Waals surface area contributed by atoms with E-state index < -0.39 is 5.97 Å². The summed E-state index contributed by atoms with van der Waals surface area (Å²) in [6.07, 6.45) is 1.40. The third-order valence-corrected chi connectivity index (χ3v) is 2.60. The summed E-state index contributed by atoms with van der Waals surface area (Å²) < 4.78 is 6.99.